The minimum Gasteiger partial charge on any atom is -0.495 e. The minimum atomic E-state index is -4.57. The maximum Gasteiger partial charge on any atom is 0.416 e. The molecule has 1 fully saturated rings. The molecule has 2 heterocycles. The Balaban J connectivity index is 1.43. The number of nitrogens with zero attached hydrogens (tertiary/aromatic N) is 4. The number of halogens is 4. The lowest BCUT2D eigenvalue weighted by Crippen LogP contribution is -2.44. The average Bonchev–Trinajstić information content (AvgIpc) is 2.93. The number of piperazine rings is 1. The van der Waals surface area contributed by atoms with Crippen LogP contribution in [0.5, 0.6) is 17.4 Å². The number of hydrogen-bond acceptors (Lipinski definition) is 7. The van der Waals surface area contributed by atoms with E-state index in [0.717, 1.165) is 25.2 Å². The fraction of sp³-hybridized carbons (Fsp3) is 0.276. The van der Waals surface area contributed by atoms with E-state index in [-0.39, 0.29) is 17.1 Å². The molecule has 8 nitrogen and oxygen atoms in total. The molecule has 1 aromatic heterocycles. The van der Waals surface area contributed by atoms with Crippen molar-refractivity contribution in [2.24, 2.45) is 0 Å². The molecule has 0 radical (unpaired) electrons. The van der Waals surface area contributed by atoms with Gasteiger partial charge in [-0.1, -0.05) is 17.7 Å². The fourth-order valence-electron chi connectivity index (χ4n) is 4.52. The Morgan fingerprint density at radius 3 is 2.46 bits per heavy atom. The number of likely N-dealkylation sites (N-methyl/N-ethyl adjacent to an activating group) is 1. The summed E-state index contributed by atoms with van der Waals surface area (Å²) in [6.45, 7) is 4.42. The second-order valence-corrected chi connectivity index (χ2v) is 10.2. The normalized spacial score (nSPS) is 14.3. The van der Waals surface area contributed by atoms with E-state index in [1.165, 1.54) is 19.5 Å². The first-order valence-electron chi connectivity index (χ1n) is 12.8. The molecule has 12 heteroatoms. The molecule has 1 amide bonds. The van der Waals surface area contributed by atoms with Crippen LogP contribution in [0.3, 0.4) is 0 Å². The Kier molecular flexibility index (Phi) is 7.92. The summed E-state index contributed by atoms with van der Waals surface area (Å²) in [5, 5.41) is 3.56. The van der Waals surface area contributed by atoms with E-state index in [0.29, 0.717) is 51.8 Å². The molecule has 1 saturated heterocycles. The molecule has 0 aliphatic carbocycles. The van der Waals surface area contributed by atoms with Crippen molar-refractivity contribution in [3.05, 3.63) is 76.6 Å². The van der Waals surface area contributed by atoms with Gasteiger partial charge in [0.15, 0.2) is 0 Å². The van der Waals surface area contributed by atoms with E-state index >= 15 is 0 Å². The number of anilines is 2. The summed E-state index contributed by atoms with van der Waals surface area (Å²) >= 11 is 6.22. The van der Waals surface area contributed by atoms with Crippen molar-refractivity contribution in [1.29, 1.82) is 0 Å². The molecule has 3 aromatic carbocycles. The van der Waals surface area contributed by atoms with E-state index < -0.39 is 17.6 Å². The summed E-state index contributed by atoms with van der Waals surface area (Å²) in [6, 6.07) is 11.7. The molecule has 0 bridgehead atoms. The summed E-state index contributed by atoms with van der Waals surface area (Å²) < 4.78 is 52.6. The summed E-state index contributed by atoms with van der Waals surface area (Å²) in [5.74, 6) is 0.397. The van der Waals surface area contributed by atoms with Crippen LogP contribution in [-0.2, 0) is 6.18 Å². The lowest BCUT2D eigenvalue weighted by Gasteiger charge is -2.34. The van der Waals surface area contributed by atoms with Crippen LogP contribution in [0.15, 0.2) is 54.9 Å². The van der Waals surface area contributed by atoms with Crippen LogP contribution in [0.2, 0.25) is 5.02 Å². The van der Waals surface area contributed by atoms with Gasteiger partial charge in [0.25, 0.3) is 5.91 Å². The number of hydrogen-bond donors (Lipinski definition) is 1. The molecular weight excluding hydrogens is 559 g/mol. The Labute approximate surface area is 239 Å². The van der Waals surface area contributed by atoms with Gasteiger partial charge in [0.2, 0.25) is 5.88 Å². The van der Waals surface area contributed by atoms with E-state index in [1.54, 1.807) is 37.3 Å². The molecular formula is C29H27ClF3N5O3. The van der Waals surface area contributed by atoms with Gasteiger partial charge in [-0.2, -0.15) is 13.2 Å². The van der Waals surface area contributed by atoms with Crippen molar-refractivity contribution in [1.82, 2.24) is 14.9 Å². The molecule has 41 heavy (non-hydrogen) atoms. The second kappa shape index (κ2) is 11.4. The van der Waals surface area contributed by atoms with Gasteiger partial charge >= 0.3 is 6.18 Å². The highest BCUT2D eigenvalue weighted by Gasteiger charge is 2.32. The highest BCUT2D eigenvalue weighted by Crippen LogP contribution is 2.37. The smallest absolute Gasteiger partial charge is 0.416 e. The molecule has 0 unspecified atom stereocenters. The molecule has 0 atom stereocenters. The van der Waals surface area contributed by atoms with Crippen LogP contribution >= 0.6 is 11.6 Å². The fourth-order valence-corrected chi connectivity index (χ4v) is 4.76. The van der Waals surface area contributed by atoms with Gasteiger partial charge in [-0.15, -0.1) is 0 Å². The first-order chi connectivity index (χ1) is 19.5. The van der Waals surface area contributed by atoms with Gasteiger partial charge in [-0.05, 0) is 62.0 Å². The summed E-state index contributed by atoms with van der Waals surface area (Å²) in [6.07, 6.45) is -3.24. The molecule has 5 rings (SSSR count). The monoisotopic (exact) mass is 585 g/mol. The first-order valence-corrected chi connectivity index (χ1v) is 13.1. The van der Waals surface area contributed by atoms with E-state index in [1.807, 2.05) is 11.9 Å². The van der Waals surface area contributed by atoms with E-state index in [4.69, 9.17) is 21.1 Å². The van der Waals surface area contributed by atoms with Crippen molar-refractivity contribution in [2.45, 2.75) is 13.1 Å². The number of carbonyl (C=O) groups excluding carboxylic acids is 1. The quantitative estimate of drug-likeness (QED) is 0.280. The number of methoxy groups -OCH3 is 1. The summed E-state index contributed by atoms with van der Waals surface area (Å²) in [4.78, 5) is 25.7. The van der Waals surface area contributed by atoms with Gasteiger partial charge in [-0.25, -0.2) is 9.97 Å². The number of aryl methyl sites for hydroxylation is 1. The summed E-state index contributed by atoms with van der Waals surface area (Å²) in [7, 11) is 3.45. The maximum atomic E-state index is 13.7. The van der Waals surface area contributed by atoms with Crippen molar-refractivity contribution >= 4 is 39.8 Å². The molecule has 1 N–H and O–H groups in total. The van der Waals surface area contributed by atoms with Crippen LogP contribution in [0, 0.1) is 6.92 Å². The van der Waals surface area contributed by atoms with Crippen molar-refractivity contribution in [3.8, 4) is 17.4 Å². The number of aromatic nitrogens is 2. The number of benzene rings is 3. The predicted molar refractivity (Wildman–Crippen MR) is 151 cm³/mol. The highest BCUT2D eigenvalue weighted by molar-refractivity contribution is 6.32. The third-order valence-electron chi connectivity index (χ3n) is 6.90. The number of rotatable bonds is 6. The number of fused-ring (bicyclic) bond motifs is 1. The van der Waals surface area contributed by atoms with Crippen LogP contribution in [0.4, 0.5) is 24.5 Å². The third kappa shape index (κ3) is 6.31. The zero-order chi connectivity index (χ0) is 29.3. The highest BCUT2D eigenvalue weighted by atomic mass is 35.5. The first kappa shape index (κ1) is 28.4. The Hall–Kier alpha value is -4.09. The van der Waals surface area contributed by atoms with Crippen LogP contribution in [0.1, 0.15) is 21.5 Å². The second-order valence-electron chi connectivity index (χ2n) is 9.78. The molecule has 1 aliphatic rings. The number of amides is 1. The number of nitrogens with one attached hydrogen (secondary N) is 1. The standard InChI is InChI=1S/C29H27ClF3N5O3/c1-17-4-5-18(10-25(17)41-28-22-14-26(40-3)23(30)15-24(22)34-16-35-28)27(39)36-20-11-19(29(31,32)33)12-21(13-20)38-8-6-37(2)7-9-38/h4-5,10-16H,6-9H2,1-3H3,(H,36,39). The van der Waals surface area contributed by atoms with Crippen LogP contribution in [0.25, 0.3) is 10.9 Å². The van der Waals surface area contributed by atoms with Gasteiger partial charge in [0.05, 0.1) is 28.6 Å². The lowest BCUT2D eigenvalue weighted by atomic mass is 10.1. The minimum absolute atomic E-state index is 0.0487. The zero-order valence-corrected chi connectivity index (χ0v) is 23.3. The van der Waals surface area contributed by atoms with Gasteiger partial charge < -0.3 is 24.6 Å². The number of ether oxygens (including phenoxy) is 2. The molecule has 1 aliphatic heterocycles. The van der Waals surface area contributed by atoms with E-state index in [9.17, 15) is 18.0 Å². The topological polar surface area (TPSA) is 79.8 Å². The maximum absolute atomic E-state index is 13.7. The Bertz CT molecular complexity index is 1610. The van der Waals surface area contributed by atoms with Crippen molar-refractivity contribution < 1.29 is 27.4 Å². The zero-order valence-electron chi connectivity index (χ0n) is 22.6. The van der Waals surface area contributed by atoms with Gasteiger partial charge in [0.1, 0.15) is 17.8 Å². The average molecular weight is 586 g/mol. The third-order valence-corrected chi connectivity index (χ3v) is 7.20. The molecule has 0 saturated carbocycles. The van der Waals surface area contributed by atoms with E-state index in [2.05, 4.69) is 20.2 Å². The van der Waals surface area contributed by atoms with Gasteiger partial charge in [0, 0.05) is 43.1 Å². The molecule has 0 spiro atoms. The Morgan fingerprint density at radius 2 is 1.76 bits per heavy atom. The largest absolute Gasteiger partial charge is 0.495 e. The van der Waals surface area contributed by atoms with Crippen LogP contribution in [-0.4, -0.2) is 61.1 Å². The number of carbonyl (C=O) groups is 1. The molecule has 214 valence electrons. The Morgan fingerprint density at radius 1 is 1.00 bits per heavy atom. The van der Waals surface area contributed by atoms with Crippen LogP contribution < -0.4 is 19.7 Å². The number of alkyl halides is 3. The van der Waals surface area contributed by atoms with Crippen molar-refractivity contribution in [3.63, 3.8) is 0 Å². The molecule has 4 aromatic rings. The van der Waals surface area contributed by atoms with Gasteiger partial charge in [-0.3, -0.25) is 4.79 Å². The predicted octanol–water partition coefficient (Wildman–Crippen LogP) is 6.42. The SMILES string of the molecule is COc1cc2c(Oc3cc(C(=O)Nc4cc(N5CCN(C)CC5)cc(C(F)(F)F)c4)ccc3C)ncnc2cc1Cl. The van der Waals surface area contributed by atoms with Crippen molar-refractivity contribution in [2.75, 3.05) is 50.6 Å². The lowest BCUT2D eigenvalue weighted by molar-refractivity contribution is -0.137. The summed E-state index contributed by atoms with van der Waals surface area (Å²) in [5.41, 5.74) is 1.07.